The molecule has 0 radical (unpaired) electrons. The van der Waals surface area contributed by atoms with Crippen LogP contribution in [0.1, 0.15) is 11.3 Å². The van der Waals surface area contributed by atoms with E-state index in [0.29, 0.717) is 15.6 Å². The van der Waals surface area contributed by atoms with Crippen molar-refractivity contribution in [2.24, 2.45) is 0 Å². The third-order valence-corrected chi connectivity index (χ3v) is 3.24. The van der Waals surface area contributed by atoms with Gasteiger partial charge >= 0.3 is 0 Å². The van der Waals surface area contributed by atoms with Crippen LogP contribution in [0, 0.1) is 11.3 Å². The van der Waals surface area contributed by atoms with E-state index in [-0.39, 0.29) is 22.9 Å². The summed E-state index contributed by atoms with van der Waals surface area (Å²) in [5.74, 6) is -0.0842. The summed E-state index contributed by atoms with van der Waals surface area (Å²) in [6, 6.07) is 5.06. The zero-order valence-corrected chi connectivity index (χ0v) is 12.4. The van der Waals surface area contributed by atoms with Crippen LogP contribution in [0.4, 0.5) is 0 Å². The Labute approximate surface area is 131 Å². The van der Waals surface area contributed by atoms with Crippen LogP contribution in [0.2, 0.25) is 10.0 Å². The van der Waals surface area contributed by atoms with Crippen molar-refractivity contribution >= 4 is 34.9 Å². The molecule has 21 heavy (non-hydrogen) atoms. The van der Waals surface area contributed by atoms with E-state index in [1.165, 1.54) is 31.6 Å². The Kier molecular flexibility index (Phi) is 4.63. The topological polar surface area (TPSA) is 79.0 Å². The molecule has 1 N–H and O–H groups in total. The SMILES string of the molecule is COc1ccc(C(C#N)=Cc2c(Cl)cncc2Cl)nc1O. The lowest BCUT2D eigenvalue weighted by molar-refractivity contribution is 0.363. The summed E-state index contributed by atoms with van der Waals surface area (Å²) in [4.78, 5) is 7.75. The van der Waals surface area contributed by atoms with Gasteiger partial charge in [0.2, 0.25) is 0 Å². The molecule has 5 nitrogen and oxygen atoms in total. The van der Waals surface area contributed by atoms with Crippen LogP contribution in [-0.2, 0) is 0 Å². The molecular formula is C14H9Cl2N3O2. The minimum atomic E-state index is -0.303. The largest absolute Gasteiger partial charge is 0.491 e. The van der Waals surface area contributed by atoms with Crippen LogP contribution in [0.25, 0.3) is 11.6 Å². The first-order chi connectivity index (χ1) is 10.1. The molecule has 0 amide bonds. The summed E-state index contributed by atoms with van der Waals surface area (Å²) >= 11 is 12.0. The van der Waals surface area contributed by atoms with Gasteiger partial charge in [0.15, 0.2) is 5.75 Å². The molecule has 0 fully saturated rings. The van der Waals surface area contributed by atoms with Gasteiger partial charge in [-0.2, -0.15) is 5.26 Å². The number of allylic oxidation sites excluding steroid dienone is 1. The van der Waals surface area contributed by atoms with Crippen molar-refractivity contribution in [3.8, 4) is 17.7 Å². The van der Waals surface area contributed by atoms with Gasteiger partial charge in [-0.1, -0.05) is 23.2 Å². The Morgan fingerprint density at radius 2 is 2.00 bits per heavy atom. The van der Waals surface area contributed by atoms with Crippen molar-refractivity contribution in [1.29, 1.82) is 5.26 Å². The minimum Gasteiger partial charge on any atom is -0.491 e. The average molecular weight is 322 g/mol. The molecule has 0 bridgehead atoms. The number of pyridine rings is 2. The fourth-order valence-electron chi connectivity index (χ4n) is 1.61. The molecule has 0 aliphatic carbocycles. The predicted octanol–water partition coefficient (Wildman–Crippen LogP) is 3.56. The lowest BCUT2D eigenvalue weighted by Gasteiger charge is -2.05. The summed E-state index contributed by atoms with van der Waals surface area (Å²) in [7, 11) is 1.41. The highest BCUT2D eigenvalue weighted by Gasteiger charge is 2.11. The van der Waals surface area contributed by atoms with Crippen LogP contribution >= 0.6 is 23.2 Å². The molecule has 0 aliphatic rings. The Balaban J connectivity index is 2.52. The van der Waals surface area contributed by atoms with Crippen molar-refractivity contribution in [1.82, 2.24) is 9.97 Å². The van der Waals surface area contributed by atoms with Crippen LogP contribution < -0.4 is 4.74 Å². The number of methoxy groups -OCH3 is 1. The molecule has 0 aliphatic heterocycles. The second kappa shape index (κ2) is 6.44. The first-order valence-corrected chi connectivity index (χ1v) is 6.47. The molecule has 7 heteroatoms. The smallest absolute Gasteiger partial charge is 0.255 e. The first kappa shape index (κ1) is 15.1. The maximum absolute atomic E-state index is 9.68. The number of halogens is 2. The standard InChI is InChI=1S/C14H9Cl2N3O2/c1-21-13-3-2-12(19-14(13)20)8(5-17)4-9-10(15)6-18-7-11(9)16/h2-4,6-7H,1H3,(H,19,20). The molecule has 0 atom stereocenters. The fraction of sp³-hybridized carbons (Fsp3) is 0.0714. The Morgan fingerprint density at radius 3 is 2.52 bits per heavy atom. The molecule has 2 aromatic heterocycles. The van der Waals surface area contributed by atoms with Crippen LogP contribution in [0.15, 0.2) is 24.5 Å². The molecule has 106 valence electrons. The van der Waals surface area contributed by atoms with Gasteiger partial charge in [-0.25, -0.2) is 4.98 Å². The highest BCUT2D eigenvalue weighted by molar-refractivity contribution is 6.37. The number of hydrogen-bond acceptors (Lipinski definition) is 5. The van der Waals surface area contributed by atoms with Gasteiger partial charge in [0.25, 0.3) is 5.88 Å². The van der Waals surface area contributed by atoms with E-state index in [9.17, 15) is 10.4 Å². The van der Waals surface area contributed by atoms with Gasteiger partial charge in [0.05, 0.1) is 28.4 Å². The first-order valence-electron chi connectivity index (χ1n) is 5.72. The maximum Gasteiger partial charge on any atom is 0.255 e. The van der Waals surface area contributed by atoms with Crippen molar-refractivity contribution in [2.75, 3.05) is 7.11 Å². The third kappa shape index (κ3) is 3.24. The van der Waals surface area contributed by atoms with Crippen molar-refractivity contribution in [3.63, 3.8) is 0 Å². The molecule has 0 unspecified atom stereocenters. The minimum absolute atomic E-state index is 0.197. The Hall–Kier alpha value is -2.29. The zero-order chi connectivity index (χ0) is 15.4. The van der Waals surface area contributed by atoms with Gasteiger partial charge in [-0.15, -0.1) is 0 Å². The predicted molar refractivity (Wildman–Crippen MR) is 80.2 cm³/mol. The van der Waals surface area contributed by atoms with Gasteiger partial charge in [0, 0.05) is 18.0 Å². The van der Waals surface area contributed by atoms with Crippen molar-refractivity contribution in [3.05, 3.63) is 45.8 Å². The van der Waals surface area contributed by atoms with E-state index in [4.69, 9.17) is 27.9 Å². The number of ether oxygens (including phenoxy) is 1. The molecule has 0 aromatic carbocycles. The highest BCUT2D eigenvalue weighted by Crippen LogP contribution is 2.29. The summed E-state index contributed by atoms with van der Waals surface area (Å²) < 4.78 is 4.90. The van der Waals surface area contributed by atoms with Crippen LogP contribution in [0.3, 0.4) is 0 Å². The van der Waals surface area contributed by atoms with Crippen molar-refractivity contribution < 1.29 is 9.84 Å². The quantitative estimate of drug-likeness (QED) is 0.874. The highest BCUT2D eigenvalue weighted by atomic mass is 35.5. The maximum atomic E-state index is 9.68. The number of nitrogens with zero attached hydrogens (tertiary/aromatic N) is 3. The van der Waals surface area contributed by atoms with Crippen LogP contribution in [-0.4, -0.2) is 22.2 Å². The second-order valence-corrected chi connectivity index (χ2v) is 4.72. The zero-order valence-electron chi connectivity index (χ0n) is 10.8. The Bertz CT molecular complexity index is 734. The monoisotopic (exact) mass is 321 g/mol. The van der Waals surface area contributed by atoms with Gasteiger partial charge < -0.3 is 9.84 Å². The van der Waals surface area contributed by atoms with Crippen molar-refractivity contribution in [2.45, 2.75) is 0 Å². The molecule has 2 heterocycles. The molecule has 2 rings (SSSR count). The van der Waals surface area contributed by atoms with Crippen LogP contribution in [0.5, 0.6) is 11.6 Å². The van der Waals surface area contributed by atoms with E-state index >= 15 is 0 Å². The number of aromatic hydroxyl groups is 1. The van der Waals surface area contributed by atoms with Gasteiger partial charge in [0.1, 0.15) is 6.07 Å². The third-order valence-electron chi connectivity index (χ3n) is 2.63. The summed E-state index contributed by atoms with van der Waals surface area (Å²) in [6.07, 6.45) is 4.33. The summed E-state index contributed by atoms with van der Waals surface area (Å²) in [5.41, 5.74) is 0.935. The molecule has 0 saturated carbocycles. The number of nitriles is 1. The summed E-state index contributed by atoms with van der Waals surface area (Å²) in [5, 5.41) is 19.6. The lowest BCUT2D eigenvalue weighted by Crippen LogP contribution is -1.92. The lowest BCUT2D eigenvalue weighted by atomic mass is 10.1. The number of hydrogen-bond donors (Lipinski definition) is 1. The molecule has 0 saturated heterocycles. The normalized spacial score (nSPS) is 11.0. The molecule has 2 aromatic rings. The van der Waals surface area contributed by atoms with E-state index in [0.717, 1.165) is 0 Å². The molecule has 0 spiro atoms. The van der Waals surface area contributed by atoms with Gasteiger partial charge in [-0.05, 0) is 18.2 Å². The van der Waals surface area contributed by atoms with E-state index in [1.54, 1.807) is 6.07 Å². The average Bonchev–Trinajstić information content (AvgIpc) is 2.47. The fourth-order valence-corrected chi connectivity index (χ4v) is 2.09. The molecular weight excluding hydrogens is 313 g/mol. The summed E-state index contributed by atoms with van der Waals surface area (Å²) in [6.45, 7) is 0. The van der Waals surface area contributed by atoms with E-state index < -0.39 is 0 Å². The van der Waals surface area contributed by atoms with E-state index in [1.807, 2.05) is 6.07 Å². The Morgan fingerprint density at radius 1 is 1.33 bits per heavy atom. The second-order valence-electron chi connectivity index (χ2n) is 3.91. The number of aromatic nitrogens is 2. The number of rotatable bonds is 3. The van der Waals surface area contributed by atoms with E-state index in [2.05, 4.69) is 9.97 Å². The van der Waals surface area contributed by atoms with Gasteiger partial charge in [-0.3, -0.25) is 4.98 Å².